The summed E-state index contributed by atoms with van der Waals surface area (Å²) in [5.41, 5.74) is 0.938. The molecule has 7 heteroatoms. The third-order valence-electron chi connectivity index (χ3n) is 3.14. The summed E-state index contributed by atoms with van der Waals surface area (Å²) in [7, 11) is 0. The van der Waals surface area contributed by atoms with Gasteiger partial charge in [-0.15, -0.1) is 0 Å². The Labute approximate surface area is 140 Å². The molecule has 3 rings (SSSR count). The first kappa shape index (κ1) is 15.6. The van der Waals surface area contributed by atoms with E-state index in [1.165, 1.54) is 12.1 Å². The molecule has 116 valence electrons. The lowest BCUT2D eigenvalue weighted by atomic mass is 10.2. The maximum atomic E-state index is 13.3. The zero-order valence-corrected chi connectivity index (χ0v) is 12.9. The van der Waals surface area contributed by atoms with Crippen LogP contribution in [-0.2, 0) is 4.79 Å². The van der Waals surface area contributed by atoms with Crippen LogP contribution in [0.15, 0.2) is 47.1 Å². The van der Waals surface area contributed by atoms with Crippen LogP contribution in [0.5, 0.6) is 0 Å². The largest absolute Gasteiger partial charge is 0.305 e. The second kappa shape index (κ2) is 6.10. The summed E-state index contributed by atoms with van der Waals surface area (Å²) >= 11 is 11.9. The Morgan fingerprint density at radius 2 is 1.83 bits per heavy atom. The molecule has 0 aromatic heterocycles. The van der Waals surface area contributed by atoms with Gasteiger partial charge in [-0.3, -0.25) is 4.79 Å². The highest BCUT2D eigenvalue weighted by Crippen LogP contribution is 2.24. The number of carbonyl (C=O) groups is 1. The smallest absolute Gasteiger partial charge is 0.275 e. The molecule has 0 saturated carbocycles. The molecule has 3 nitrogen and oxygen atoms in total. The first-order valence-corrected chi connectivity index (χ1v) is 7.22. The maximum Gasteiger partial charge on any atom is 0.275 e. The topological polar surface area (TPSA) is 41.5 Å². The van der Waals surface area contributed by atoms with Crippen LogP contribution in [0.2, 0.25) is 10.0 Å². The van der Waals surface area contributed by atoms with Crippen molar-refractivity contribution in [2.45, 2.75) is 0 Å². The molecule has 1 N–H and O–H groups in total. The van der Waals surface area contributed by atoms with Gasteiger partial charge in [0.2, 0.25) is 0 Å². The summed E-state index contributed by atoms with van der Waals surface area (Å²) in [6, 6.07) is 8.09. The summed E-state index contributed by atoms with van der Waals surface area (Å²) in [6.07, 6.45) is 1.49. The third kappa shape index (κ3) is 3.25. The molecule has 0 bridgehead atoms. The van der Waals surface area contributed by atoms with Crippen molar-refractivity contribution in [3.05, 3.63) is 74.9 Å². The monoisotopic (exact) mass is 352 g/mol. The third-order valence-corrected chi connectivity index (χ3v) is 3.71. The number of benzene rings is 2. The van der Waals surface area contributed by atoms with Crippen molar-refractivity contribution < 1.29 is 13.6 Å². The fourth-order valence-corrected chi connectivity index (χ4v) is 2.48. The van der Waals surface area contributed by atoms with Gasteiger partial charge in [0.15, 0.2) is 11.6 Å². The molecule has 0 spiro atoms. The quantitative estimate of drug-likeness (QED) is 0.809. The van der Waals surface area contributed by atoms with E-state index >= 15 is 0 Å². The minimum Gasteiger partial charge on any atom is -0.305 e. The van der Waals surface area contributed by atoms with Gasteiger partial charge in [0.1, 0.15) is 11.5 Å². The van der Waals surface area contributed by atoms with Gasteiger partial charge in [-0.2, -0.15) is 0 Å². The predicted molar refractivity (Wildman–Crippen MR) is 85.5 cm³/mol. The van der Waals surface area contributed by atoms with Crippen LogP contribution in [0.4, 0.5) is 8.78 Å². The number of amides is 1. The van der Waals surface area contributed by atoms with Gasteiger partial charge in [0, 0.05) is 15.6 Å². The number of carbonyl (C=O) groups excluding carboxylic acids is 1. The number of rotatable bonds is 2. The Balaban J connectivity index is 1.97. The lowest BCUT2D eigenvalue weighted by Crippen LogP contribution is -2.24. The van der Waals surface area contributed by atoms with Gasteiger partial charge < -0.3 is 5.32 Å². The highest BCUT2D eigenvalue weighted by molar-refractivity contribution is 6.35. The van der Waals surface area contributed by atoms with Crippen molar-refractivity contribution in [3.63, 3.8) is 0 Å². The number of hydrogen-bond acceptors (Lipinski definition) is 2. The molecule has 23 heavy (non-hydrogen) atoms. The standard InChI is InChI=1S/C16H8Cl2F2N2O/c17-10-3-1-8(11(18)7-10)6-14-16(23)22-15(21-14)9-2-4-12(19)13(20)5-9/h1-7H,(H,21,22,23)/b14-6-. The molecule has 2 aromatic rings. The van der Waals surface area contributed by atoms with Gasteiger partial charge >= 0.3 is 0 Å². The van der Waals surface area contributed by atoms with Gasteiger partial charge in [-0.25, -0.2) is 13.8 Å². The molecule has 0 radical (unpaired) electrons. The summed E-state index contributed by atoms with van der Waals surface area (Å²) in [5, 5.41) is 3.34. The highest BCUT2D eigenvalue weighted by Gasteiger charge is 2.22. The van der Waals surface area contributed by atoms with E-state index in [9.17, 15) is 13.6 Å². The summed E-state index contributed by atoms with van der Waals surface area (Å²) < 4.78 is 26.2. The average molecular weight is 353 g/mol. The normalized spacial score (nSPS) is 15.7. The first-order chi connectivity index (χ1) is 10.9. The molecule has 1 aliphatic rings. The number of halogens is 4. The van der Waals surface area contributed by atoms with Gasteiger partial charge in [0.25, 0.3) is 5.91 Å². The fourth-order valence-electron chi connectivity index (χ4n) is 2.01. The number of nitrogens with zero attached hydrogens (tertiary/aromatic N) is 1. The molecule has 0 atom stereocenters. The highest BCUT2D eigenvalue weighted by atomic mass is 35.5. The van der Waals surface area contributed by atoms with Crippen molar-refractivity contribution in [2.75, 3.05) is 0 Å². The summed E-state index contributed by atoms with van der Waals surface area (Å²) in [5.74, 6) is -2.30. The maximum absolute atomic E-state index is 13.3. The number of aliphatic imine (C=N–C) groups is 1. The van der Waals surface area contributed by atoms with Crippen molar-refractivity contribution in [2.24, 2.45) is 4.99 Å². The van der Waals surface area contributed by atoms with E-state index in [1.807, 2.05) is 0 Å². The molecular formula is C16H8Cl2F2N2O. The van der Waals surface area contributed by atoms with E-state index in [0.717, 1.165) is 12.1 Å². The molecular weight excluding hydrogens is 345 g/mol. The van der Waals surface area contributed by atoms with Gasteiger partial charge in [-0.05, 0) is 42.0 Å². The molecule has 0 unspecified atom stereocenters. The lowest BCUT2D eigenvalue weighted by Gasteiger charge is -2.00. The van der Waals surface area contributed by atoms with Crippen LogP contribution in [0.3, 0.4) is 0 Å². The predicted octanol–water partition coefficient (Wildman–Crippen LogP) is 4.19. The van der Waals surface area contributed by atoms with E-state index in [0.29, 0.717) is 15.6 Å². The van der Waals surface area contributed by atoms with Crippen LogP contribution in [0.1, 0.15) is 11.1 Å². The lowest BCUT2D eigenvalue weighted by molar-refractivity contribution is -0.115. The Hall–Kier alpha value is -2.24. The Bertz CT molecular complexity index is 878. The van der Waals surface area contributed by atoms with E-state index < -0.39 is 17.5 Å². The second-order valence-corrected chi connectivity index (χ2v) is 5.58. The SMILES string of the molecule is O=C1NC(c2ccc(F)c(F)c2)=N/C1=C\c1ccc(Cl)cc1Cl. The van der Waals surface area contributed by atoms with E-state index in [-0.39, 0.29) is 17.1 Å². The van der Waals surface area contributed by atoms with Crippen LogP contribution in [0, 0.1) is 11.6 Å². The molecule has 1 heterocycles. The molecule has 0 aliphatic carbocycles. The minimum atomic E-state index is -1.02. The Kier molecular flexibility index (Phi) is 4.15. The molecule has 0 fully saturated rings. The van der Waals surface area contributed by atoms with Crippen LogP contribution in [0.25, 0.3) is 6.08 Å². The molecule has 1 amide bonds. The minimum absolute atomic E-state index is 0.106. The van der Waals surface area contributed by atoms with Crippen molar-refractivity contribution >= 4 is 41.0 Å². The van der Waals surface area contributed by atoms with Crippen LogP contribution < -0.4 is 5.32 Å². The van der Waals surface area contributed by atoms with Crippen LogP contribution in [-0.4, -0.2) is 11.7 Å². The zero-order valence-electron chi connectivity index (χ0n) is 11.4. The fraction of sp³-hybridized carbons (Fsp3) is 0. The second-order valence-electron chi connectivity index (χ2n) is 4.74. The van der Waals surface area contributed by atoms with Crippen molar-refractivity contribution in [1.29, 1.82) is 0 Å². The van der Waals surface area contributed by atoms with E-state index in [2.05, 4.69) is 10.3 Å². The zero-order chi connectivity index (χ0) is 16.6. The molecule has 1 aliphatic heterocycles. The van der Waals surface area contributed by atoms with Gasteiger partial charge in [-0.1, -0.05) is 29.3 Å². The van der Waals surface area contributed by atoms with Gasteiger partial charge in [0.05, 0.1) is 0 Å². The van der Waals surface area contributed by atoms with Crippen molar-refractivity contribution in [3.8, 4) is 0 Å². The number of nitrogens with one attached hydrogen (secondary N) is 1. The van der Waals surface area contributed by atoms with Crippen LogP contribution >= 0.6 is 23.2 Å². The van der Waals surface area contributed by atoms with E-state index in [4.69, 9.17) is 23.2 Å². The summed E-state index contributed by atoms with van der Waals surface area (Å²) in [4.78, 5) is 16.1. The Morgan fingerprint density at radius 3 is 2.52 bits per heavy atom. The number of hydrogen-bond donors (Lipinski definition) is 1. The molecule has 2 aromatic carbocycles. The van der Waals surface area contributed by atoms with E-state index in [1.54, 1.807) is 18.2 Å². The Morgan fingerprint density at radius 1 is 1.04 bits per heavy atom. The van der Waals surface area contributed by atoms with Crippen molar-refractivity contribution in [1.82, 2.24) is 5.32 Å². The average Bonchev–Trinajstić information content (AvgIpc) is 2.86. The summed E-state index contributed by atoms with van der Waals surface area (Å²) in [6.45, 7) is 0. The number of amidine groups is 1. The molecule has 0 saturated heterocycles. The first-order valence-electron chi connectivity index (χ1n) is 6.46.